The van der Waals surface area contributed by atoms with Gasteiger partial charge in [0.25, 0.3) is 0 Å². The van der Waals surface area contributed by atoms with Crippen molar-refractivity contribution in [3.63, 3.8) is 0 Å². The molecule has 1 fully saturated rings. The molecule has 96 valence electrons. The van der Waals surface area contributed by atoms with Crippen molar-refractivity contribution in [1.82, 2.24) is 10.2 Å². The summed E-state index contributed by atoms with van der Waals surface area (Å²) in [4.78, 5) is 2.59. The van der Waals surface area contributed by atoms with Crippen molar-refractivity contribution in [2.45, 2.75) is 51.7 Å². The molecule has 3 heteroatoms. The van der Waals surface area contributed by atoms with Crippen LogP contribution in [0.2, 0.25) is 0 Å². The Morgan fingerprint density at radius 3 is 2.59 bits per heavy atom. The quantitative estimate of drug-likeness (QED) is 0.889. The highest BCUT2D eigenvalue weighted by Gasteiger charge is 2.26. The number of hydrogen-bond acceptors (Lipinski definition) is 3. The Hall–Kier alpha value is -0.380. The highest BCUT2D eigenvalue weighted by Crippen LogP contribution is 2.20. The fraction of sp³-hybridized carbons (Fsp3) is 0.714. The molecule has 1 saturated heterocycles. The van der Waals surface area contributed by atoms with E-state index in [4.69, 9.17) is 0 Å². The Kier molecular flexibility index (Phi) is 4.23. The van der Waals surface area contributed by atoms with Crippen LogP contribution in [-0.4, -0.2) is 29.6 Å². The summed E-state index contributed by atoms with van der Waals surface area (Å²) in [5, 5.41) is 8.06. The monoisotopic (exact) mass is 252 g/mol. The van der Waals surface area contributed by atoms with E-state index in [1.54, 1.807) is 11.3 Å². The third-order valence-corrected chi connectivity index (χ3v) is 4.35. The van der Waals surface area contributed by atoms with Crippen LogP contribution in [0.4, 0.5) is 0 Å². The Balaban J connectivity index is 1.72. The third kappa shape index (κ3) is 3.80. The summed E-state index contributed by atoms with van der Waals surface area (Å²) in [6, 6.07) is 2.91. The lowest BCUT2D eigenvalue weighted by atomic mass is 9.98. The van der Waals surface area contributed by atoms with E-state index in [9.17, 15) is 0 Å². The number of nitrogens with one attached hydrogen (secondary N) is 1. The molecule has 2 heterocycles. The molecule has 1 aromatic heterocycles. The minimum absolute atomic E-state index is 0.332. The van der Waals surface area contributed by atoms with E-state index in [-0.39, 0.29) is 0 Å². The van der Waals surface area contributed by atoms with Crippen molar-refractivity contribution in [3.05, 3.63) is 22.4 Å². The van der Waals surface area contributed by atoms with Gasteiger partial charge < -0.3 is 5.32 Å². The maximum Gasteiger partial charge on any atom is 0.0216 e. The van der Waals surface area contributed by atoms with Crippen LogP contribution in [0.15, 0.2) is 16.8 Å². The Morgan fingerprint density at radius 2 is 2.06 bits per heavy atom. The Morgan fingerprint density at radius 1 is 1.35 bits per heavy atom. The predicted octanol–water partition coefficient (Wildman–Crippen LogP) is 3.10. The number of hydrogen-bond donors (Lipinski definition) is 1. The maximum absolute atomic E-state index is 3.68. The molecule has 1 aliphatic rings. The van der Waals surface area contributed by atoms with Crippen LogP contribution in [0.5, 0.6) is 0 Å². The Labute approximate surface area is 109 Å². The van der Waals surface area contributed by atoms with Crippen LogP contribution >= 0.6 is 11.3 Å². The summed E-state index contributed by atoms with van der Waals surface area (Å²) in [5.41, 5.74) is 1.76. The van der Waals surface area contributed by atoms with Gasteiger partial charge in [0.1, 0.15) is 0 Å². The number of likely N-dealkylation sites (tertiary alicyclic amines) is 1. The van der Waals surface area contributed by atoms with Gasteiger partial charge in [-0.3, -0.25) is 4.90 Å². The van der Waals surface area contributed by atoms with Crippen molar-refractivity contribution in [1.29, 1.82) is 0 Å². The molecule has 0 spiro atoms. The van der Waals surface area contributed by atoms with Gasteiger partial charge in [0.05, 0.1) is 0 Å². The second kappa shape index (κ2) is 5.51. The van der Waals surface area contributed by atoms with E-state index in [2.05, 4.69) is 47.8 Å². The molecule has 0 saturated carbocycles. The number of rotatable bonds is 3. The van der Waals surface area contributed by atoms with E-state index in [1.807, 2.05) is 0 Å². The first-order chi connectivity index (χ1) is 8.05. The lowest BCUT2D eigenvalue weighted by Gasteiger charge is -2.41. The van der Waals surface area contributed by atoms with Crippen molar-refractivity contribution < 1.29 is 0 Å². The van der Waals surface area contributed by atoms with E-state index in [0.29, 0.717) is 11.6 Å². The zero-order chi connectivity index (χ0) is 12.3. The summed E-state index contributed by atoms with van der Waals surface area (Å²) in [6.07, 6.45) is 2.56. The first kappa shape index (κ1) is 13.1. The SMILES string of the molecule is CC(C)(C)N1CCC(NCc2ccsc2)CC1. The molecular weight excluding hydrogens is 228 g/mol. The first-order valence-electron chi connectivity index (χ1n) is 6.55. The van der Waals surface area contributed by atoms with Gasteiger partial charge in [-0.2, -0.15) is 11.3 Å². The van der Waals surface area contributed by atoms with Crippen LogP contribution in [0.1, 0.15) is 39.2 Å². The summed E-state index contributed by atoms with van der Waals surface area (Å²) in [7, 11) is 0. The lowest BCUT2D eigenvalue weighted by Crippen LogP contribution is -2.49. The molecule has 0 unspecified atom stereocenters. The number of piperidine rings is 1. The van der Waals surface area contributed by atoms with Crippen molar-refractivity contribution in [2.75, 3.05) is 13.1 Å². The van der Waals surface area contributed by atoms with Gasteiger partial charge in [-0.15, -0.1) is 0 Å². The molecule has 1 aliphatic heterocycles. The Bertz CT molecular complexity index is 318. The molecule has 2 nitrogen and oxygen atoms in total. The summed E-state index contributed by atoms with van der Waals surface area (Å²) in [5.74, 6) is 0. The van der Waals surface area contributed by atoms with Crippen molar-refractivity contribution in [2.24, 2.45) is 0 Å². The van der Waals surface area contributed by atoms with Gasteiger partial charge in [0.2, 0.25) is 0 Å². The minimum atomic E-state index is 0.332. The topological polar surface area (TPSA) is 15.3 Å². The van der Waals surface area contributed by atoms with E-state index in [0.717, 1.165) is 6.54 Å². The molecule has 0 atom stereocenters. The van der Waals surface area contributed by atoms with Gasteiger partial charge in [-0.05, 0) is 56.0 Å². The molecule has 2 rings (SSSR count). The average molecular weight is 252 g/mol. The third-order valence-electron chi connectivity index (χ3n) is 3.62. The lowest BCUT2D eigenvalue weighted by molar-refractivity contribution is 0.0960. The highest BCUT2D eigenvalue weighted by molar-refractivity contribution is 7.07. The molecule has 0 amide bonds. The van der Waals surface area contributed by atoms with Crippen LogP contribution in [-0.2, 0) is 6.54 Å². The molecule has 17 heavy (non-hydrogen) atoms. The van der Waals surface area contributed by atoms with Crippen LogP contribution in [0.3, 0.4) is 0 Å². The zero-order valence-electron chi connectivity index (χ0n) is 11.2. The fourth-order valence-corrected chi connectivity index (χ4v) is 3.08. The van der Waals surface area contributed by atoms with Gasteiger partial charge in [0.15, 0.2) is 0 Å². The summed E-state index contributed by atoms with van der Waals surface area (Å²) >= 11 is 1.78. The molecular formula is C14H24N2S. The maximum atomic E-state index is 3.68. The van der Waals surface area contributed by atoms with E-state index < -0.39 is 0 Å². The van der Waals surface area contributed by atoms with E-state index >= 15 is 0 Å². The van der Waals surface area contributed by atoms with Crippen LogP contribution in [0.25, 0.3) is 0 Å². The van der Waals surface area contributed by atoms with Crippen molar-refractivity contribution >= 4 is 11.3 Å². The average Bonchev–Trinajstić information content (AvgIpc) is 2.78. The molecule has 0 bridgehead atoms. The molecule has 1 N–H and O–H groups in total. The van der Waals surface area contributed by atoms with Crippen LogP contribution in [0, 0.1) is 0 Å². The number of nitrogens with zero attached hydrogens (tertiary/aromatic N) is 1. The van der Waals surface area contributed by atoms with Crippen molar-refractivity contribution in [3.8, 4) is 0 Å². The normalized spacial score (nSPS) is 19.7. The van der Waals surface area contributed by atoms with Crippen LogP contribution < -0.4 is 5.32 Å². The second-order valence-electron chi connectivity index (χ2n) is 5.94. The van der Waals surface area contributed by atoms with Gasteiger partial charge in [-0.1, -0.05) is 0 Å². The molecule has 0 aliphatic carbocycles. The largest absolute Gasteiger partial charge is 0.310 e. The smallest absolute Gasteiger partial charge is 0.0216 e. The predicted molar refractivity (Wildman–Crippen MR) is 75.5 cm³/mol. The van der Waals surface area contributed by atoms with Gasteiger partial charge >= 0.3 is 0 Å². The molecule has 0 radical (unpaired) electrons. The fourth-order valence-electron chi connectivity index (χ4n) is 2.41. The zero-order valence-corrected chi connectivity index (χ0v) is 12.0. The molecule has 0 aromatic carbocycles. The van der Waals surface area contributed by atoms with Gasteiger partial charge in [0, 0.05) is 31.2 Å². The first-order valence-corrected chi connectivity index (χ1v) is 7.49. The summed E-state index contributed by atoms with van der Waals surface area (Å²) in [6.45, 7) is 10.4. The van der Waals surface area contributed by atoms with E-state index in [1.165, 1.54) is 31.5 Å². The molecule has 1 aromatic rings. The van der Waals surface area contributed by atoms with Gasteiger partial charge in [-0.25, -0.2) is 0 Å². The second-order valence-corrected chi connectivity index (χ2v) is 6.72. The standard InChI is InChI=1S/C14H24N2S/c1-14(2,3)16-7-4-13(5-8-16)15-10-12-6-9-17-11-12/h6,9,11,13,15H,4-5,7-8,10H2,1-3H3. The highest BCUT2D eigenvalue weighted by atomic mass is 32.1. The summed E-state index contributed by atoms with van der Waals surface area (Å²) < 4.78 is 0. The number of thiophene rings is 1. The minimum Gasteiger partial charge on any atom is -0.310 e.